The zero-order valence-electron chi connectivity index (χ0n) is 14.8. The number of rotatable bonds is 4. The second-order valence-electron chi connectivity index (χ2n) is 8.67. The zero-order chi connectivity index (χ0) is 17.0. The first kappa shape index (κ1) is 15.4. The number of nitrogens with one attached hydrogen (secondary N) is 1. The van der Waals surface area contributed by atoms with Crippen LogP contribution in [0.4, 0.5) is 0 Å². The summed E-state index contributed by atoms with van der Waals surface area (Å²) in [5.74, 6) is 2.65. The highest BCUT2D eigenvalue weighted by Gasteiger charge is 2.54. The Morgan fingerprint density at radius 2 is 1.96 bits per heavy atom. The van der Waals surface area contributed by atoms with Crippen LogP contribution in [-0.2, 0) is 0 Å². The number of amides is 1. The highest BCUT2D eigenvalue weighted by atomic mass is 16.2. The van der Waals surface area contributed by atoms with Crippen LogP contribution < -0.4 is 5.32 Å². The number of carbonyl (C=O) groups is 1. The summed E-state index contributed by atoms with van der Waals surface area (Å²) in [6.07, 6.45) is 12.8. The van der Waals surface area contributed by atoms with Crippen LogP contribution >= 0.6 is 0 Å². The molecule has 0 spiro atoms. The first-order valence-corrected chi connectivity index (χ1v) is 9.76. The molecule has 25 heavy (non-hydrogen) atoms. The summed E-state index contributed by atoms with van der Waals surface area (Å²) < 4.78 is 1.67. The number of hydrogen-bond acceptors (Lipinski definition) is 3. The molecular formula is C20H26N4O. The van der Waals surface area contributed by atoms with E-state index in [0.29, 0.717) is 11.1 Å². The maximum Gasteiger partial charge on any atom is 0.272 e. The molecule has 4 saturated carbocycles. The van der Waals surface area contributed by atoms with Gasteiger partial charge in [0.15, 0.2) is 11.3 Å². The van der Waals surface area contributed by atoms with Gasteiger partial charge in [0.05, 0.1) is 0 Å². The summed E-state index contributed by atoms with van der Waals surface area (Å²) in [6, 6.07) is 3.87. The molecule has 0 aliphatic heterocycles. The Balaban J connectivity index is 1.39. The van der Waals surface area contributed by atoms with Gasteiger partial charge in [-0.1, -0.05) is 6.92 Å². The monoisotopic (exact) mass is 338 g/mol. The lowest BCUT2D eigenvalue weighted by Crippen LogP contribution is -2.56. The fraction of sp³-hybridized carbons (Fsp3) is 0.650. The van der Waals surface area contributed by atoms with Crippen LogP contribution in [0.15, 0.2) is 24.5 Å². The number of fused-ring (bicyclic) bond motifs is 1. The van der Waals surface area contributed by atoms with Crippen molar-refractivity contribution in [2.45, 2.75) is 57.9 Å². The molecule has 6 rings (SSSR count). The van der Waals surface area contributed by atoms with Crippen LogP contribution in [0.5, 0.6) is 0 Å². The lowest BCUT2D eigenvalue weighted by Gasteiger charge is -2.59. The minimum Gasteiger partial charge on any atom is -0.347 e. The van der Waals surface area contributed by atoms with Gasteiger partial charge in [0.2, 0.25) is 0 Å². The molecule has 4 aliphatic carbocycles. The quantitative estimate of drug-likeness (QED) is 0.929. The first-order valence-electron chi connectivity index (χ1n) is 9.76. The van der Waals surface area contributed by atoms with Crippen LogP contribution in [0.25, 0.3) is 5.65 Å². The van der Waals surface area contributed by atoms with Crippen molar-refractivity contribution in [1.82, 2.24) is 19.9 Å². The van der Waals surface area contributed by atoms with Gasteiger partial charge in [0, 0.05) is 24.5 Å². The average molecular weight is 338 g/mol. The van der Waals surface area contributed by atoms with Gasteiger partial charge < -0.3 is 5.32 Å². The normalized spacial score (nSPS) is 34.4. The topological polar surface area (TPSA) is 59.3 Å². The molecule has 1 amide bonds. The Bertz CT molecular complexity index is 743. The fourth-order valence-corrected chi connectivity index (χ4v) is 6.47. The molecule has 0 radical (unpaired) electrons. The van der Waals surface area contributed by atoms with Crippen LogP contribution in [0.3, 0.4) is 0 Å². The van der Waals surface area contributed by atoms with E-state index in [0.717, 1.165) is 29.8 Å². The Kier molecular flexibility index (Phi) is 3.41. The van der Waals surface area contributed by atoms with Gasteiger partial charge >= 0.3 is 0 Å². The highest BCUT2D eigenvalue weighted by molar-refractivity contribution is 5.93. The summed E-state index contributed by atoms with van der Waals surface area (Å²) >= 11 is 0. The molecule has 5 heteroatoms. The molecular weight excluding hydrogens is 312 g/mol. The van der Waals surface area contributed by atoms with Crippen LogP contribution in [0.1, 0.15) is 62.4 Å². The van der Waals surface area contributed by atoms with Crippen molar-refractivity contribution in [2.75, 3.05) is 0 Å². The Hall–Kier alpha value is -1.91. The number of nitrogens with zero attached hydrogens (tertiary/aromatic N) is 3. The lowest BCUT2D eigenvalue weighted by atomic mass is 9.47. The SMILES string of the molecule is CCC(NC(=O)c1cc2ncccn2n1)C12CC3CC(CC(C3)C1)C2. The second-order valence-corrected chi connectivity index (χ2v) is 8.67. The average Bonchev–Trinajstić information content (AvgIpc) is 3.02. The van der Waals surface area contributed by atoms with E-state index in [1.807, 2.05) is 12.3 Å². The maximum atomic E-state index is 12.9. The van der Waals surface area contributed by atoms with Crippen molar-refractivity contribution < 1.29 is 4.79 Å². The smallest absolute Gasteiger partial charge is 0.272 e. The molecule has 1 unspecified atom stereocenters. The minimum atomic E-state index is -0.0481. The Labute approximate surface area is 148 Å². The highest BCUT2D eigenvalue weighted by Crippen LogP contribution is 2.61. The van der Waals surface area contributed by atoms with E-state index in [2.05, 4.69) is 22.3 Å². The van der Waals surface area contributed by atoms with Crippen LogP contribution in [0.2, 0.25) is 0 Å². The summed E-state index contributed by atoms with van der Waals surface area (Å²) in [5.41, 5.74) is 1.52. The molecule has 1 atom stereocenters. The van der Waals surface area contributed by atoms with Crippen molar-refractivity contribution in [3.8, 4) is 0 Å². The van der Waals surface area contributed by atoms with Gasteiger partial charge in [0.25, 0.3) is 5.91 Å². The minimum absolute atomic E-state index is 0.0481. The fourth-order valence-electron chi connectivity index (χ4n) is 6.47. The molecule has 2 heterocycles. The number of carbonyl (C=O) groups excluding carboxylic acids is 1. The van der Waals surface area contributed by atoms with Crippen molar-refractivity contribution >= 4 is 11.6 Å². The largest absolute Gasteiger partial charge is 0.347 e. The van der Waals surface area contributed by atoms with Crippen LogP contribution in [0, 0.1) is 23.2 Å². The zero-order valence-corrected chi connectivity index (χ0v) is 14.8. The van der Waals surface area contributed by atoms with E-state index in [1.54, 1.807) is 16.8 Å². The third-order valence-electron chi connectivity index (χ3n) is 7.01. The summed E-state index contributed by atoms with van der Waals surface area (Å²) in [6.45, 7) is 2.22. The van der Waals surface area contributed by atoms with Crippen LogP contribution in [-0.4, -0.2) is 26.5 Å². The van der Waals surface area contributed by atoms with E-state index in [1.165, 1.54) is 38.5 Å². The molecule has 4 aliphatic rings. The van der Waals surface area contributed by atoms with Gasteiger partial charge in [-0.2, -0.15) is 5.10 Å². The Morgan fingerprint density at radius 1 is 1.28 bits per heavy atom. The second kappa shape index (κ2) is 5.55. The van der Waals surface area contributed by atoms with Crippen molar-refractivity contribution in [1.29, 1.82) is 0 Å². The van der Waals surface area contributed by atoms with Crippen molar-refractivity contribution in [3.05, 3.63) is 30.2 Å². The van der Waals surface area contributed by atoms with Crippen molar-refractivity contribution in [2.24, 2.45) is 23.2 Å². The van der Waals surface area contributed by atoms with Gasteiger partial charge in [-0.05, 0) is 74.2 Å². The van der Waals surface area contributed by atoms with Crippen molar-refractivity contribution in [3.63, 3.8) is 0 Å². The first-order chi connectivity index (χ1) is 12.1. The standard InChI is InChI=1S/C20H26N4O/c1-2-17(20-10-13-6-14(11-20)8-15(7-13)12-20)22-19(25)16-9-18-21-4-3-5-24(18)23-16/h3-5,9,13-15,17H,2,6-8,10-12H2,1H3,(H,22,25). The summed E-state index contributed by atoms with van der Waals surface area (Å²) in [7, 11) is 0. The molecule has 1 N–H and O–H groups in total. The van der Waals surface area contributed by atoms with E-state index >= 15 is 0 Å². The molecule has 2 aromatic heterocycles. The van der Waals surface area contributed by atoms with E-state index in [-0.39, 0.29) is 11.9 Å². The molecule has 132 valence electrons. The predicted octanol–water partition coefficient (Wildman–Crippen LogP) is 3.45. The molecule has 0 aromatic carbocycles. The molecule has 5 nitrogen and oxygen atoms in total. The third-order valence-corrected chi connectivity index (χ3v) is 7.01. The van der Waals surface area contributed by atoms with Gasteiger partial charge in [0.1, 0.15) is 0 Å². The third kappa shape index (κ3) is 2.47. The van der Waals surface area contributed by atoms with Gasteiger partial charge in [-0.25, -0.2) is 9.50 Å². The predicted molar refractivity (Wildman–Crippen MR) is 95.1 cm³/mol. The van der Waals surface area contributed by atoms with E-state index < -0.39 is 0 Å². The molecule has 2 aromatic rings. The Morgan fingerprint density at radius 3 is 2.56 bits per heavy atom. The number of aromatic nitrogens is 3. The molecule has 0 saturated heterocycles. The van der Waals surface area contributed by atoms with E-state index in [9.17, 15) is 4.79 Å². The lowest BCUT2D eigenvalue weighted by molar-refractivity contribution is -0.0727. The van der Waals surface area contributed by atoms with Gasteiger partial charge in [-0.3, -0.25) is 4.79 Å². The summed E-state index contributed by atoms with van der Waals surface area (Å²) in [5, 5.41) is 7.75. The van der Waals surface area contributed by atoms with E-state index in [4.69, 9.17) is 0 Å². The molecule has 4 bridgehead atoms. The summed E-state index contributed by atoms with van der Waals surface area (Å²) in [4.78, 5) is 17.1. The maximum absolute atomic E-state index is 12.9. The number of hydrogen-bond donors (Lipinski definition) is 1. The molecule has 4 fully saturated rings. The van der Waals surface area contributed by atoms with Gasteiger partial charge in [-0.15, -0.1) is 0 Å².